The van der Waals surface area contributed by atoms with Gasteiger partial charge in [-0.15, -0.1) is 13.2 Å². The van der Waals surface area contributed by atoms with Gasteiger partial charge in [0.05, 0.1) is 10.6 Å². The van der Waals surface area contributed by atoms with Crippen LogP contribution < -0.4 is 9.64 Å². The van der Waals surface area contributed by atoms with E-state index < -0.39 is 11.3 Å². The van der Waals surface area contributed by atoms with Crippen LogP contribution in [-0.2, 0) is 0 Å². The van der Waals surface area contributed by atoms with Crippen LogP contribution in [0.15, 0.2) is 36.4 Å². The first-order valence-electron chi connectivity index (χ1n) is 8.43. The highest BCUT2D eigenvalue weighted by Crippen LogP contribution is 2.36. The number of hydrogen-bond donors (Lipinski definition) is 0. The van der Waals surface area contributed by atoms with Gasteiger partial charge in [-0.1, -0.05) is 31.9 Å². The Morgan fingerprint density at radius 3 is 2.18 bits per heavy atom. The number of alkyl halides is 3. The van der Waals surface area contributed by atoms with Crippen LogP contribution in [0.25, 0.3) is 11.1 Å². The number of nitro benzene ring substituents is 1. The second kappa shape index (κ2) is 9.65. The summed E-state index contributed by atoms with van der Waals surface area (Å²) >= 11 is 0. The van der Waals surface area contributed by atoms with Crippen molar-refractivity contribution in [2.45, 2.75) is 34.1 Å². The molecule has 0 fully saturated rings. The number of nitrogens with zero attached hydrogens (tertiary/aromatic N) is 2. The molecule has 2 aromatic carbocycles. The van der Waals surface area contributed by atoms with Gasteiger partial charge in [-0.05, 0) is 42.7 Å². The minimum Gasteiger partial charge on any atom is -0.406 e. The number of nitro groups is 1. The molecule has 0 aliphatic carbocycles. The minimum atomic E-state index is -4.78. The Morgan fingerprint density at radius 1 is 1.14 bits per heavy atom. The molecule has 0 amide bonds. The number of ether oxygens (including phenoxy) is 1. The summed E-state index contributed by atoms with van der Waals surface area (Å²) in [6.07, 6.45) is -4.78. The van der Waals surface area contributed by atoms with E-state index in [1.165, 1.54) is 24.3 Å². The Bertz CT molecular complexity index is 883. The number of anilines is 1. The molecule has 0 atom stereocenters. The molecule has 2 aromatic rings. The predicted molar refractivity (Wildman–Crippen MR) is 103 cm³/mol. The molecule has 0 aliphatic rings. The van der Waals surface area contributed by atoms with Gasteiger partial charge in [0.2, 0.25) is 0 Å². The van der Waals surface area contributed by atoms with Crippen molar-refractivity contribution in [3.63, 3.8) is 0 Å². The molecule has 150 valence electrons. The average Bonchev–Trinajstić information content (AvgIpc) is 2.63. The van der Waals surface area contributed by atoms with Crippen molar-refractivity contribution >= 4 is 11.4 Å². The molecule has 0 saturated carbocycles. The highest BCUT2D eigenvalue weighted by atomic mass is 19.4. The van der Waals surface area contributed by atoms with Gasteiger partial charge < -0.3 is 9.64 Å². The van der Waals surface area contributed by atoms with E-state index in [2.05, 4.69) is 16.7 Å². The second-order valence-electron chi connectivity index (χ2n) is 5.39. The van der Waals surface area contributed by atoms with Gasteiger partial charge in [-0.2, -0.15) is 0 Å². The molecule has 0 unspecified atom stereocenters. The largest absolute Gasteiger partial charge is 0.573 e. The monoisotopic (exact) mass is 394 g/mol. The molecule has 0 aliphatic heterocycles. The first kappa shape index (κ1) is 22.8. The van der Waals surface area contributed by atoms with E-state index in [0.29, 0.717) is 22.4 Å². The van der Waals surface area contributed by atoms with Gasteiger partial charge in [-0.25, -0.2) is 0 Å². The SMILES string of the molecule is CC.CC#CN(C)c1cc([N+](=O)[O-])cc(-c2ccc(OC(F)(F)F)cc2)c1C. The van der Waals surface area contributed by atoms with Crippen molar-refractivity contribution < 1.29 is 22.8 Å². The predicted octanol–water partition coefficient (Wildman–Crippen LogP) is 5.91. The van der Waals surface area contributed by atoms with Gasteiger partial charge >= 0.3 is 6.36 Å². The molecule has 0 spiro atoms. The fourth-order valence-corrected chi connectivity index (χ4v) is 2.50. The number of benzene rings is 2. The van der Waals surface area contributed by atoms with Gasteiger partial charge in [0.1, 0.15) is 5.75 Å². The summed E-state index contributed by atoms with van der Waals surface area (Å²) in [6, 6.07) is 10.7. The standard InChI is InChI=1S/C18H15F3N2O3.C2H6/c1-4-9-22(3)17-11-14(23(24)25)10-16(12(17)2)13-5-7-15(8-6-13)26-18(19,20)21;1-2/h5-8,10-11H,1-3H3;1-2H3. The molecule has 0 N–H and O–H groups in total. The van der Waals surface area contributed by atoms with Gasteiger partial charge in [-0.3, -0.25) is 10.1 Å². The van der Waals surface area contributed by atoms with Crippen LogP contribution in [0.4, 0.5) is 24.5 Å². The van der Waals surface area contributed by atoms with E-state index in [1.54, 1.807) is 25.8 Å². The fraction of sp³-hybridized carbons (Fsp3) is 0.300. The number of rotatable bonds is 4. The van der Waals surface area contributed by atoms with E-state index in [1.807, 2.05) is 13.8 Å². The van der Waals surface area contributed by atoms with Gasteiger partial charge in [0, 0.05) is 25.2 Å². The van der Waals surface area contributed by atoms with Crippen LogP contribution in [0.1, 0.15) is 26.3 Å². The summed E-state index contributed by atoms with van der Waals surface area (Å²) in [7, 11) is 1.67. The molecule has 28 heavy (non-hydrogen) atoms. The molecule has 0 radical (unpaired) electrons. The molecule has 0 bridgehead atoms. The van der Waals surface area contributed by atoms with E-state index in [0.717, 1.165) is 12.1 Å². The molecular formula is C20H21F3N2O3. The van der Waals surface area contributed by atoms with E-state index in [-0.39, 0.29) is 11.4 Å². The highest BCUT2D eigenvalue weighted by Gasteiger charge is 2.31. The topological polar surface area (TPSA) is 55.6 Å². The maximum Gasteiger partial charge on any atom is 0.573 e. The Kier molecular flexibility index (Phi) is 7.87. The third-order valence-corrected chi connectivity index (χ3v) is 3.62. The van der Waals surface area contributed by atoms with Crippen molar-refractivity contribution in [2.75, 3.05) is 11.9 Å². The summed E-state index contributed by atoms with van der Waals surface area (Å²) in [5.74, 6) is 2.35. The smallest absolute Gasteiger partial charge is 0.406 e. The van der Waals surface area contributed by atoms with Crippen LogP contribution >= 0.6 is 0 Å². The lowest BCUT2D eigenvalue weighted by Crippen LogP contribution is -2.16. The maximum absolute atomic E-state index is 12.3. The normalized spacial score (nSPS) is 10.1. The van der Waals surface area contributed by atoms with Crippen molar-refractivity contribution in [3.8, 4) is 28.8 Å². The highest BCUT2D eigenvalue weighted by molar-refractivity contribution is 5.78. The molecule has 2 rings (SSSR count). The Hall–Kier alpha value is -3.21. The molecule has 0 heterocycles. The average molecular weight is 394 g/mol. The third kappa shape index (κ3) is 5.91. The van der Waals surface area contributed by atoms with Crippen LogP contribution in [0, 0.1) is 29.0 Å². The number of halogens is 3. The molecule has 8 heteroatoms. The number of hydrogen-bond acceptors (Lipinski definition) is 4. The molecule has 0 aromatic heterocycles. The minimum absolute atomic E-state index is 0.138. The molecular weight excluding hydrogens is 373 g/mol. The van der Waals surface area contributed by atoms with Crippen LogP contribution in [0.3, 0.4) is 0 Å². The second-order valence-corrected chi connectivity index (χ2v) is 5.39. The van der Waals surface area contributed by atoms with Crippen LogP contribution in [0.5, 0.6) is 5.75 Å². The Morgan fingerprint density at radius 2 is 1.71 bits per heavy atom. The zero-order valence-corrected chi connectivity index (χ0v) is 16.2. The Labute approximate surface area is 161 Å². The zero-order valence-electron chi connectivity index (χ0n) is 16.2. The van der Waals surface area contributed by atoms with Crippen LogP contribution in [0.2, 0.25) is 0 Å². The fourth-order valence-electron chi connectivity index (χ4n) is 2.50. The lowest BCUT2D eigenvalue weighted by Gasteiger charge is -2.17. The van der Waals surface area contributed by atoms with Crippen molar-refractivity contribution in [3.05, 3.63) is 52.1 Å². The van der Waals surface area contributed by atoms with Gasteiger partial charge in [0.15, 0.2) is 0 Å². The van der Waals surface area contributed by atoms with Crippen molar-refractivity contribution in [1.82, 2.24) is 0 Å². The zero-order chi connectivity index (χ0) is 21.5. The summed E-state index contributed by atoms with van der Waals surface area (Å²) < 4.78 is 40.7. The lowest BCUT2D eigenvalue weighted by atomic mass is 9.97. The molecule has 5 nitrogen and oxygen atoms in total. The van der Waals surface area contributed by atoms with Crippen LogP contribution in [-0.4, -0.2) is 18.3 Å². The summed E-state index contributed by atoms with van der Waals surface area (Å²) in [6.45, 7) is 7.41. The van der Waals surface area contributed by atoms with E-state index in [9.17, 15) is 23.3 Å². The quantitative estimate of drug-likeness (QED) is 0.280. The Balaban J connectivity index is 0.00000190. The van der Waals surface area contributed by atoms with Gasteiger partial charge in [0.25, 0.3) is 5.69 Å². The summed E-state index contributed by atoms with van der Waals surface area (Å²) in [4.78, 5) is 12.3. The third-order valence-electron chi connectivity index (χ3n) is 3.62. The maximum atomic E-state index is 12.3. The number of non-ortho nitro benzene ring substituents is 1. The first-order chi connectivity index (χ1) is 13.1. The summed E-state index contributed by atoms with van der Waals surface area (Å²) in [5.41, 5.74) is 2.17. The van der Waals surface area contributed by atoms with Crippen molar-refractivity contribution in [2.24, 2.45) is 0 Å². The van der Waals surface area contributed by atoms with E-state index in [4.69, 9.17) is 0 Å². The van der Waals surface area contributed by atoms with E-state index >= 15 is 0 Å². The lowest BCUT2D eigenvalue weighted by molar-refractivity contribution is -0.384. The first-order valence-corrected chi connectivity index (χ1v) is 8.43. The summed E-state index contributed by atoms with van der Waals surface area (Å²) in [5, 5.41) is 11.2. The molecule has 0 saturated heterocycles. The van der Waals surface area contributed by atoms with Crippen molar-refractivity contribution in [1.29, 1.82) is 0 Å².